The van der Waals surface area contributed by atoms with Crippen LogP contribution in [0.15, 0.2) is 24.3 Å². The monoisotopic (exact) mass is 289 g/mol. The van der Waals surface area contributed by atoms with Gasteiger partial charge in [-0.2, -0.15) is 0 Å². The number of hydrogen-bond donors (Lipinski definition) is 2. The second kappa shape index (κ2) is 6.04. The van der Waals surface area contributed by atoms with Crippen molar-refractivity contribution in [3.63, 3.8) is 0 Å². The zero-order valence-electron chi connectivity index (χ0n) is 11.7. The van der Waals surface area contributed by atoms with Crippen LogP contribution < -0.4 is 11.1 Å². The van der Waals surface area contributed by atoms with Gasteiger partial charge in [-0.3, -0.25) is 4.79 Å². The normalized spacial score (nSPS) is 10.2. The molecule has 0 saturated heterocycles. The van der Waals surface area contributed by atoms with Gasteiger partial charge < -0.3 is 15.8 Å². The van der Waals surface area contributed by atoms with Crippen LogP contribution in [0.5, 0.6) is 0 Å². The average Bonchev–Trinajstić information content (AvgIpc) is 2.82. The van der Waals surface area contributed by atoms with Crippen LogP contribution in [0.4, 0.5) is 11.5 Å². The van der Waals surface area contributed by atoms with Crippen LogP contribution >= 0.6 is 0 Å². The van der Waals surface area contributed by atoms with E-state index in [9.17, 15) is 9.59 Å². The van der Waals surface area contributed by atoms with E-state index in [1.54, 1.807) is 6.07 Å². The Morgan fingerprint density at radius 2 is 2.10 bits per heavy atom. The molecule has 1 aromatic heterocycles. The van der Waals surface area contributed by atoms with Crippen molar-refractivity contribution < 1.29 is 14.3 Å². The molecule has 0 radical (unpaired) electrons. The van der Waals surface area contributed by atoms with Gasteiger partial charge >= 0.3 is 5.97 Å². The number of aryl methyl sites for hydroxylation is 1. The standard InChI is InChI=1S/C13H15N5O3/c1-8-5-3-4-6-9(8)15-10(19)7-18-12(14)11(16-17-18)13(20)21-2/h3-6H,7,14H2,1-2H3,(H,15,19). The van der Waals surface area contributed by atoms with Crippen molar-refractivity contribution in [3.8, 4) is 0 Å². The van der Waals surface area contributed by atoms with Crippen molar-refractivity contribution in [2.45, 2.75) is 13.5 Å². The summed E-state index contributed by atoms with van der Waals surface area (Å²) >= 11 is 0. The van der Waals surface area contributed by atoms with Gasteiger partial charge in [0.2, 0.25) is 11.6 Å². The van der Waals surface area contributed by atoms with E-state index in [0.29, 0.717) is 5.69 Å². The molecule has 0 aliphatic rings. The maximum atomic E-state index is 12.0. The molecular formula is C13H15N5O3. The first-order valence-corrected chi connectivity index (χ1v) is 6.15. The number of nitrogens with two attached hydrogens (primary N) is 1. The van der Waals surface area contributed by atoms with Gasteiger partial charge in [-0.25, -0.2) is 9.48 Å². The molecule has 0 atom stereocenters. The molecule has 110 valence electrons. The van der Waals surface area contributed by atoms with Crippen LogP contribution in [0, 0.1) is 6.92 Å². The van der Waals surface area contributed by atoms with E-state index < -0.39 is 5.97 Å². The summed E-state index contributed by atoms with van der Waals surface area (Å²) in [7, 11) is 1.21. The number of carbonyl (C=O) groups is 2. The Kier molecular flexibility index (Phi) is 4.17. The number of para-hydroxylation sites is 1. The highest BCUT2D eigenvalue weighted by molar-refractivity contribution is 5.93. The molecule has 3 N–H and O–H groups in total. The topological polar surface area (TPSA) is 112 Å². The summed E-state index contributed by atoms with van der Waals surface area (Å²) in [6.45, 7) is 1.74. The Hall–Kier alpha value is -2.90. The fourth-order valence-corrected chi connectivity index (χ4v) is 1.72. The largest absolute Gasteiger partial charge is 0.464 e. The molecule has 0 spiro atoms. The molecule has 0 fully saturated rings. The van der Waals surface area contributed by atoms with E-state index in [1.807, 2.05) is 25.1 Å². The van der Waals surface area contributed by atoms with E-state index in [4.69, 9.17) is 5.73 Å². The molecule has 1 amide bonds. The molecule has 8 nitrogen and oxygen atoms in total. The first kappa shape index (κ1) is 14.5. The summed E-state index contributed by atoms with van der Waals surface area (Å²) in [6.07, 6.45) is 0. The van der Waals surface area contributed by atoms with Gasteiger partial charge in [0.05, 0.1) is 7.11 Å². The molecule has 0 aliphatic heterocycles. The minimum absolute atomic E-state index is 0.0122. The molecular weight excluding hydrogens is 274 g/mol. The minimum Gasteiger partial charge on any atom is -0.464 e. The lowest BCUT2D eigenvalue weighted by atomic mass is 10.2. The van der Waals surface area contributed by atoms with Gasteiger partial charge in [-0.1, -0.05) is 23.4 Å². The van der Waals surface area contributed by atoms with Crippen LogP contribution in [0.25, 0.3) is 0 Å². The molecule has 21 heavy (non-hydrogen) atoms. The van der Waals surface area contributed by atoms with Crippen molar-refractivity contribution in [2.75, 3.05) is 18.2 Å². The molecule has 2 rings (SSSR count). The second-order valence-corrected chi connectivity index (χ2v) is 4.34. The lowest BCUT2D eigenvalue weighted by Gasteiger charge is -2.08. The molecule has 1 aromatic carbocycles. The van der Waals surface area contributed by atoms with Crippen LogP contribution in [0.3, 0.4) is 0 Å². The highest BCUT2D eigenvalue weighted by Crippen LogP contribution is 2.14. The van der Waals surface area contributed by atoms with Crippen molar-refractivity contribution >= 4 is 23.4 Å². The third kappa shape index (κ3) is 3.16. The predicted octanol–water partition coefficient (Wildman–Crippen LogP) is 0.594. The minimum atomic E-state index is -0.696. The number of ether oxygens (including phenoxy) is 1. The van der Waals surface area contributed by atoms with Gasteiger partial charge in [-0.15, -0.1) is 5.10 Å². The number of nitrogens with one attached hydrogen (secondary N) is 1. The summed E-state index contributed by atoms with van der Waals surface area (Å²) in [5.41, 5.74) is 7.24. The summed E-state index contributed by atoms with van der Waals surface area (Å²) in [6, 6.07) is 7.37. The lowest BCUT2D eigenvalue weighted by molar-refractivity contribution is -0.116. The van der Waals surface area contributed by atoms with Crippen LogP contribution in [-0.2, 0) is 16.1 Å². The number of aromatic nitrogens is 3. The Balaban J connectivity index is 2.09. The van der Waals surface area contributed by atoms with Crippen molar-refractivity contribution in [1.29, 1.82) is 0 Å². The number of methoxy groups -OCH3 is 1. The summed E-state index contributed by atoms with van der Waals surface area (Å²) in [4.78, 5) is 23.3. The Morgan fingerprint density at radius 1 is 1.38 bits per heavy atom. The highest BCUT2D eigenvalue weighted by Gasteiger charge is 2.19. The van der Waals surface area contributed by atoms with E-state index in [-0.39, 0.29) is 24.0 Å². The highest BCUT2D eigenvalue weighted by atomic mass is 16.5. The number of nitrogen functional groups attached to an aromatic ring is 1. The van der Waals surface area contributed by atoms with E-state index in [1.165, 1.54) is 7.11 Å². The predicted molar refractivity (Wildman–Crippen MR) is 75.6 cm³/mol. The number of esters is 1. The molecule has 2 aromatic rings. The molecule has 0 aliphatic carbocycles. The van der Waals surface area contributed by atoms with E-state index in [0.717, 1.165) is 10.2 Å². The van der Waals surface area contributed by atoms with E-state index in [2.05, 4.69) is 20.4 Å². The number of anilines is 2. The van der Waals surface area contributed by atoms with Crippen LogP contribution in [0.2, 0.25) is 0 Å². The zero-order chi connectivity index (χ0) is 15.4. The first-order valence-electron chi connectivity index (χ1n) is 6.15. The fourth-order valence-electron chi connectivity index (χ4n) is 1.72. The summed E-state index contributed by atoms with van der Waals surface area (Å²) in [5, 5.41) is 10.0. The van der Waals surface area contributed by atoms with Gasteiger partial charge in [-0.05, 0) is 18.6 Å². The molecule has 0 bridgehead atoms. The molecule has 8 heteroatoms. The van der Waals surface area contributed by atoms with Crippen molar-refractivity contribution in [1.82, 2.24) is 15.0 Å². The molecule has 1 heterocycles. The SMILES string of the molecule is COC(=O)c1nnn(CC(=O)Nc2ccccc2C)c1N. The number of carbonyl (C=O) groups excluding carboxylic acids is 2. The average molecular weight is 289 g/mol. The van der Waals surface area contributed by atoms with Crippen molar-refractivity contribution in [3.05, 3.63) is 35.5 Å². The Bertz CT molecular complexity index is 680. The lowest BCUT2D eigenvalue weighted by Crippen LogP contribution is -2.21. The van der Waals surface area contributed by atoms with Crippen LogP contribution in [-0.4, -0.2) is 34.0 Å². The number of nitrogens with zero attached hydrogens (tertiary/aromatic N) is 3. The summed E-state index contributed by atoms with van der Waals surface area (Å²) in [5.74, 6) is -1.03. The summed E-state index contributed by atoms with van der Waals surface area (Å²) < 4.78 is 5.65. The van der Waals surface area contributed by atoms with Gasteiger partial charge in [0.1, 0.15) is 6.54 Å². The molecule has 0 unspecified atom stereocenters. The Labute approximate surface area is 120 Å². The molecule has 0 saturated carbocycles. The number of benzene rings is 1. The third-order valence-electron chi connectivity index (χ3n) is 2.86. The zero-order valence-corrected chi connectivity index (χ0v) is 11.7. The Morgan fingerprint density at radius 3 is 2.76 bits per heavy atom. The van der Waals surface area contributed by atoms with Gasteiger partial charge in [0.25, 0.3) is 0 Å². The number of hydrogen-bond acceptors (Lipinski definition) is 6. The maximum absolute atomic E-state index is 12.0. The van der Waals surface area contributed by atoms with Crippen LogP contribution in [0.1, 0.15) is 16.1 Å². The third-order valence-corrected chi connectivity index (χ3v) is 2.86. The maximum Gasteiger partial charge on any atom is 0.362 e. The number of amides is 1. The van der Waals surface area contributed by atoms with E-state index >= 15 is 0 Å². The first-order chi connectivity index (χ1) is 10.0. The quantitative estimate of drug-likeness (QED) is 0.797. The number of rotatable bonds is 4. The smallest absolute Gasteiger partial charge is 0.362 e. The fraction of sp³-hybridized carbons (Fsp3) is 0.231. The van der Waals surface area contributed by atoms with Gasteiger partial charge in [0.15, 0.2) is 5.82 Å². The van der Waals surface area contributed by atoms with Gasteiger partial charge in [0, 0.05) is 5.69 Å². The second-order valence-electron chi connectivity index (χ2n) is 4.34. The van der Waals surface area contributed by atoms with Crippen molar-refractivity contribution in [2.24, 2.45) is 0 Å².